The van der Waals surface area contributed by atoms with Crippen molar-refractivity contribution >= 4 is 34.5 Å². The fourth-order valence-electron chi connectivity index (χ4n) is 3.04. The second-order valence-electron chi connectivity index (χ2n) is 7.08. The Morgan fingerprint density at radius 3 is 2.56 bits per heavy atom. The molecule has 0 amide bonds. The molecule has 0 radical (unpaired) electrons. The maximum atomic E-state index is 13.9. The van der Waals surface area contributed by atoms with E-state index >= 15 is 0 Å². The Bertz CT molecular complexity index is 1180. The van der Waals surface area contributed by atoms with Gasteiger partial charge in [-0.25, -0.2) is 8.78 Å². The smallest absolute Gasteiger partial charge is 0.194 e. The molecule has 32 heavy (non-hydrogen) atoms. The van der Waals surface area contributed by atoms with Gasteiger partial charge in [0, 0.05) is 35.6 Å². The molecule has 0 aliphatic rings. The quantitative estimate of drug-likeness (QED) is 0.290. The molecular weight excluding hydrogens is 436 g/mol. The number of anilines is 2. The van der Waals surface area contributed by atoms with Gasteiger partial charge < -0.3 is 21.5 Å². The predicted molar refractivity (Wildman–Crippen MR) is 123 cm³/mol. The monoisotopic (exact) mass is 457 g/mol. The van der Waals surface area contributed by atoms with Crippen LogP contribution in [0.1, 0.15) is 27.0 Å². The Morgan fingerprint density at radius 2 is 1.88 bits per heavy atom. The van der Waals surface area contributed by atoms with Crippen LogP contribution in [0.4, 0.5) is 20.2 Å². The number of rotatable bonds is 8. The maximum Gasteiger partial charge on any atom is 0.194 e. The zero-order chi connectivity index (χ0) is 23.3. The number of nitrogens with two attached hydrogens (primary N) is 1. The first kappa shape index (κ1) is 23.2. The fourth-order valence-corrected chi connectivity index (χ4v) is 3.31. The molecule has 3 rings (SSSR count). The van der Waals surface area contributed by atoms with Crippen LogP contribution < -0.4 is 16.4 Å². The first-order valence-corrected chi connectivity index (χ1v) is 10.1. The summed E-state index contributed by atoms with van der Waals surface area (Å²) in [6.07, 6.45) is 1.57. The lowest BCUT2D eigenvalue weighted by Gasteiger charge is -2.12. The molecule has 0 aliphatic heterocycles. The van der Waals surface area contributed by atoms with Gasteiger partial charge in [-0.1, -0.05) is 23.7 Å². The second kappa shape index (κ2) is 10.3. The lowest BCUT2D eigenvalue weighted by atomic mass is 9.96. The molecule has 166 valence electrons. The van der Waals surface area contributed by atoms with Gasteiger partial charge in [-0.2, -0.15) is 0 Å². The molecule has 0 saturated heterocycles. The zero-order valence-electron chi connectivity index (χ0n) is 17.3. The Balaban J connectivity index is 1.86. The minimum atomic E-state index is -0.743. The normalized spacial score (nSPS) is 11.3. The molecule has 3 aromatic carbocycles. The highest BCUT2D eigenvalue weighted by Gasteiger charge is 2.17. The summed E-state index contributed by atoms with van der Waals surface area (Å²) < 4.78 is 27.0. The van der Waals surface area contributed by atoms with E-state index in [2.05, 4.69) is 10.6 Å². The van der Waals surface area contributed by atoms with Gasteiger partial charge in [-0.15, -0.1) is 0 Å². The number of hydrogen-bond donors (Lipinski definition) is 4. The molecule has 0 fully saturated rings. The molecule has 0 aliphatic carbocycles. The number of aryl methyl sites for hydroxylation is 1. The largest absolute Gasteiger partial charge is 0.397 e. The first-order chi connectivity index (χ1) is 15.3. The molecule has 8 heteroatoms. The molecular formula is C24H22ClF2N3O2. The molecule has 5 nitrogen and oxygen atoms in total. The van der Waals surface area contributed by atoms with Crippen molar-refractivity contribution in [2.24, 2.45) is 5.73 Å². The predicted octanol–water partition coefficient (Wildman–Crippen LogP) is 4.74. The van der Waals surface area contributed by atoms with E-state index < -0.39 is 11.6 Å². The van der Waals surface area contributed by atoms with E-state index in [9.17, 15) is 13.6 Å². The topological polar surface area (TPSA) is 87.4 Å². The second-order valence-corrected chi connectivity index (χ2v) is 7.49. The van der Waals surface area contributed by atoms with Gasteiger partial charge in [0.1, 0.15) is 11.6 Å². The van der Waals surface area contributed by atoms with Crippen LogP contribution in [0.2, 0.25) is 5.02 Å². The Labute approximate surface area is 189 Å². The number of benzene rings is 3. The number of halogens is 3. The highest BCUT2D eigenvalue weighted by molar-refractivity contribution is 6.35. The summed E-state index contributed by atoms with van der Waals surface area (Å²) in [5.74, 6) is -1.71. The van der Waals surface area contributed by atoms with Crippen molar-refractivity contribution in [1.29, 1.82) is 0 Å². The summed E-state index contributed by atoms with van der Waals surface area (Å²) in [5, 5.41) is 14.7. The third-order valence-corrected chi connectivity index (χ3v) is 5.07. The Morgan fingerprint density at radius 1 is 1.09 bits per heavy atom. The highest BCUT2D eigenvalue weighted by atomic mass is 35.5. The third-order valence-electron chi connectivity index (χ3n) is 4.75. The van der Waals surface area contributed by atoms with E-state index in [1.54, 1.807) is 36.5 Å². The van der Waals surface area contributed by atoms with Gasteiger partial charge in [0.25, 0.3) is 0 Å². The standard InChI is InChI=1S/C24H22ClF2N3O2/c1-14-2-3-15(22(28)13-29-8-9-31)10-19(14)24(32)18-6-5-17(12-20(18)25)30-23-7-4-16(26)11-21(23)27/h2-7,10-13,29-31H,8-9,28H2,1H3/b22-13-. The van der Waals surface area contributed by atoms with Crippen LogP contribution in [0, 0.1) is 18.6 Å². The molecule has 0 spiro atoms. The molecule has 0 atom stereocenters. The fraction of sp³-hybridized carbons (Fsp3) is 0.125. The van der Waals surface area contributed by atoms with Crippen molar-refractivity contribution in [3.63, 3.8) is 0 Å². The van der Waals surface area contributed by atoms with E-state index in [4.69, 9.17) is 22.4 Å². The van der Waals surface area contributed by atoms with Crippen LogP contribution >= 0.6 is 11.6 Å². The molecule has 0 aromatic heterocycles. The minimum Gasteiger partial charge on any atom is -0.397 e. The van der Waals surface area contributed by atoms with Crippen molar-refractivity contribution in [1.82, 2.24) is 5.32 Å². The van der Waals surface area contributed by atoms with E-state index in [1.165, 1.54) is 12.1 Å². The van der Waals surface area contributed by atoms with Gasteiger partial charge in [-0.3, -0.25) is 4.79 Å². The van der Waals surface area contributed by atoms with Gasteiger partial charge >= 0.3 is 0 Å². The van der Waals surface area contributed by atoms with E-state index in [1.807, 2.05) is 6.92 Å². The molecule has 0 heterocycles. The molecule has 5 N–H and O–H groups in total. The summed E-state index contributed by atoms with van der Waals surface area (Å²) in [6.45, 7) is 2.14. The average Bonchev–Trinajstić information content (AvgIpc) is 2.76. The third kappa shape index (κ3) is 5.43. The Hall–Kier alpha value is -3.42. The number of aliphatic hydroxyl groups is 1. The van der Waals surface area contributed by atoms with E-state index in [-0.39, 0.29) is 28.7 Å². The van der Waals surface area contributed by atoms with Crippen LogP contribution in [0.3, 0.4) is 0 Å². The van der Waals surface area contributed by atoms with Gasteiger partial charge in [0.2, 0.25) is 0 Å². The van der Waals surface area contributed by atoms with Crippen LogP contribution in [0.15, 0.2) is 60.8 Å². The van der Waals surface area contributed by atoms with Crippen molar-refractivity contribution in [3.8, 4) is 0 Å². The van der Waals surface area contributed by atoms with Crippen molar-refractivity contribution < 1.29 is 18.7 Å². The van der Waals surface area contributed by atoms with Crippen LogP contribution in [0.25, 0.3) is 5.70 Å². The number of carbonyl (C=O) groups excluding carboxylic acids is 1. The van der Waals surface area contributed by atoms with Crippen LogP contribution in [0.5, 0.6) is 0 Å². The lowest BCUT2D eigenvalue weighted by Crippen LogP contribution is -2.14. The summed E-state index contributed by atoms with van der Waals surface area (Å²) >= 11 is 6.36. The summed E-state index contributed by atoms with van der Waals surface area (Å²) in [5.41, 5.74) is 9.12. The van der Waals surface area contributed by atoms with E-state index in [0.29, 0.717) is 29.1 Å². The van der Waals surface area contributed by atoms with Crippen LogP contribution in [-0.2, 0) is 0 Å². The van der Waals surface area contributed by atoms with Crippen molar-refractivity contribution in [2.45, 2.75) is 6.92 Å². The Kier molecular flexibility index (Phi) is 7.45. The van der Waals surface area contributed by atoms with Gasteiger partial charge in [0.15, 0.2) is 5.78 Å². The molecule has 3 aromatic rings. The van der Waals surface area contributed by atoms with Crippen molar-refractivity contribution in [2.75, 3.05) is 18.5 Å². The summed E-state index contributed by atoms with van der Waals surface area (Å²) in [7, 11) is 0. The van der Waals surface area contributed by atoms with Gasteiger partial charge in [-0.05, 0) is 54.4 Å². The summed E-state index contributed by atoms with van der Waals surface area (Å²) in [4.78, 5) is 13.2. The number of ketones is 1. The lowest BCUT2D eigenvalue weighted by molar-refractivity contribution is 0.103. The summed E-state index contributed by atoms with van der Waals surface area (Å²) in [6, 6.07) is 13.1. The number of hydrogen-bond acceptors (Lipinski definition) is 5. The van der Waals surface area contributed by atoms with Crippen LogP contribution in [-0.4, -0.2) is 24.0 Å². The first-order valence-electron chi connectivity index (χ1n) is 9.77. The average molecular weight is 458 g/mol. The van der Waals surface area contributed by atoms with Crippen molar-refractivity contribution in [3.05, 3.63) is 99.7 Å². The zero-order valence-corrected chi connectivity index (χ0v) is 18.0. The molecule has 0 saturated carbocycles. The number of carbonyl (C=O) groups is 1. The molecule has 0 unspecified atom stereocenters. The number of aliphatic hydroxyl groups excluding tert-OH is 1. The molecule has 0 bridgehead atoms. The van der Waals surface area contributed by atoms with E-state index in [0.717, 1.165) is 17.7 Å². The highest BCUT2D eigenvalue weighted by Crippen LogP contribution is 2.28. The maximum absolute atomic E-state index is 13.9. The SMILES string of the molecule is Cc1ccc(/C(N)=C/NCCO)cc1C(=O)c1ccc(Nc2ccc(F)cc2F)cc1Cl. The van der Waals surface area contributed by atoms with Gasteiger partial charge in [0.05, 0.1) is 23.0 Å². The number of nitrogens with one attached hydrogen (secondary N) is 2. The minimum absolute atomic E-state index is 0.0292.